The smallest absolute Gasteiger partial charge is 0.352 e. The van der Waals surface area contributed by atoms with E-state index >= 15 is 0 Å². The fourth-order valence-corrected chi connectivity index (χ4v) is 3.08. The molecule has 1 aliphatic carbocycles. The fraction of sp³-hybridized carbons (Fsp3) is 0.750. The van der Waals surface area contributed by atoms with Crippen LogP contribution in [0.2, 0.25) is 0 Å². The van der Waals surface area contributed by atoms with E-state index in [1.807, 2.05) is 20.0 Å². The summed E-state index contributed by atoms with van der Waals surface area (Å²) < 4.78 is 40.1. The summed E-state index contributed by atoms with van der Waals surface area (Å²) in [4.78, 5) is 12.0. The third kappa shape index (κ3) is 5.81. The van der Waals surface area contributed by atoms with Crippen LogP contribution in [0, 0.1) is 12.8 Å². The zero-order chi connectivity index (χ0) is 17.7. The largest absolute Gasteiger partial charge is 0.391 e. The van der Waals surface area contributed by atoms with Gasteiger partial charge in [0.1, 0.15) is 0 Å². The number of halogens is 3. The standard InChI is InChI=1S/C16H25F3N4O/c1-11-7-21-23(9-11)10-12(2)20-8-15(24)22-14-5-3-4-13(6-14)16(17,18)19/h7,9,12-14,20H,3-6,8,10H2,1-2H3,(H,22,24)/t12-,13+,14+/m0/s1. The highest BCUT2D eigenvalue weighted by Gasteiger charge is 2.42. The zero-order valence-electron chi connectivity index (χ0n) is 14.1. The highest BCUT2D eigenvalue weighted by Crippen LogP contribution is 2.37. The van der Waals surface area contributed by atoms with E-state index in [0.717, 1.165) is 5.56 Å². The number of carbonyl (C=O) groups excluding carboxylic acids is 1. The highest BCUT2D eigenvalue weighted by molar-refractivity contribution is 5.78. The van der Waals surface area contributed by atoms with Crippen molar-refractivity contribution in [3.05, 3.63) is 18.0 Å². The molecular formula is C16H25F3N4O. The zero-order valence-corrected chi connectivity index (χ0v) is 14.1. The maximum Gasteiger partial charge on any atom is 0.391 e. The topological polar surface area (TPSA) is 59.0 Å². The Morgan fingerprint density at radius 1 is 1.46 bits per heavy atom. The molecule has 0 aliphatic heterocycles. The Balaban J connectivity index is 1.70. The van der Waals surface area contributed by atoms with Crippen molar-refractivity contribution >= 4 is 5.91 Å². The lowest BCUT2D eigenvalue weighted by molar-refractivity contribution is -0.184. The second-order valence-corrected chi connectivity index (χ2v) is 6.69. The van der Waals surface area contributed by atoms with E-state index in [-0.39, 0.29) is 37.4 Å². The molecule has 1 amide bonds. The minimum absolute atomic E-state index is 0.0165. The fourth-order valence-electron chi connectivity index (χ4n) is 3.08. The van der Waals surface area contributed by atoms with Crippen molar-refractivity contribution in [2.24, 2.45) is 5.92 Å². The van der Waals surface area contributed by atoms with Gasteiger partial charge in [-0.3, -0.25) is 9.48 Å². The SMILES string of the molecule is Cc1cnn(C[C@H](C)NCC(=O)N[C@@H]2CCC[C@@H](C(F)(F)F)C2)c1. The van der Waals surface area contributed by atoms with Crippen LogP contribution in [-0.2, 0) is 11.3 Å². The first-order chi connectivity index (χ1) is 11.2. The lowest BCUT2D eigenvalue weighted by Gasteiger charge is -2.31. The molecule has 1 fully saturated rings. The number of nitrogens with zero attached hydrogens (tertiary/aromatic N) is 2. The number of carbonyl (C=O) groups is 1. The molecule has 0 unspecified atom stereocenters. The number of rotatable bonds is 6. The molecule has 0 radical (unpaired) electrons. The Kier molecular flexibility index (Phi) is 6.26. The summed E-state index contributed by atoms with van der Waals surface area (Å²) in [5.74, 6) is -1.56. The molecule has 1 aromatic heterocycles. The predicted octanol–water partition coefficient (Wildman–Crippen LogP) is 2.41. The van der Waals surface area contributed by atoms with Crippen LogP contribution in [0.5, 0.6) is 0 Å². The Morgan fingerprint density at radius 3 is 2.83 bits per heavy atom. The third-order valence-electron chi connectivity index (χ3n) is 4.34. The lowest BCUT2D eigenvalue weighted by Crippen LogP contribution is -2.46. The van der Waals surface area contributed by atoms with Gasteiger partial charge in [0.25, 0.3) is 0 Å². The lowest BCUT2D eigenvalue weighted by atomic mass is 9.85. The molecule has 0 bridgehead atoms. The van der Waals surface area contributed by atoms with Crippen LogP contribution in [0.15, 0.2) is 12.4 Å². The molecule has 5 nitrogen and oxygen atoms in total. The van der Waals surface area contributed by atoms with Crippen LogP contribution in [0.3, 0.4) is 0 Å². The van der Waals surface area contributed by atoms with Crippen LogP contribution < -0.4 is 10.6 Å². The molecular weight excluding hydrogens is 321 g/mol. The minimum Gasteiger partial charge on any atom is -0.352 e. The first kappa shape index (κ1) is 18.8. The molecule has 1 aromatic rings. The number of alkyl halides is 3. The molecule has 1 aliphatic rings. The number of hydrogen-bond donors (Lipinski definition) is 2. The van der Waals surface area contributed by atoms with E-state index in [2.05, 4.69) is 15.7 Å². The Morgan fingerprint density at radius 2 is 2.21 bits per heavy atom. The van der Waals surface area contributed by atoms with Gasteiger partial charge < -0.3 is 10.6 Å². The van der Waals surface area contributed by atoms with E-state index in [1.54, 1.807) is 10.9 Å². The van der Waals surface area contributed by atoms with Crippen molar-refractivity contribution in [1.29, 1.82) is 0 Å². The third-order valence-corrected chi connectivity index (χ3v) is 4.34. The first-order valence-electron chi connectivity index (χ1n) is 8.32. The predicted molar refractivity (Wildman–Crippen MR) is 84.4 cm³/mol. The van der Waals surface area contributed by atoms with E-state index in [1.165, 1.54) is 0 Å². The van der Waals surface area contributed by atoms with Crippen molar-refractivity contribution < 1.29 is 18.0 Å². The summed E-state index contributed by atoms with van der Waals surface area (Å²) in [6.07, 6.45) is 0.763. The molecule has 8 heteroatoms. The van der Waals surface area contributed by atoms with Crippen LogP contribution in [0.25, 0.3) is 0 Å². The number of aryl methyl sites for hydroxylation is 1. The van der Waals surface area contributed by atoms with Gasteiger partial charge in [0.15, 0.2) is 0 Å². The highest BCUT2D eigenvalue weighted by atomic mass is 19.4. The summed E-state index contributed by atoms with van der Waals surface area (Å²) in [7, 11) is 0. The normalized spacial score (nSPS) is 23.0. The maximum absolute atomic E-state index is 12.8. The second-order valence-electron chi connectivity index (χ2n) is 6.69. The van der Waals surface area contributed by atoms with Gasteiger partial charge in [-0.05, 0) is 38.7 Å². The molecule has 3 atom stereocenters. The summed E-state index contributed by atoms with van der Waals surface area (Å²) >= 11 is 0. The minimum atomic E-state index is -4.17. The first-order valence-corrected chi connectivity index (χ1v) is 8.32. The van der Waals surface area contributed by atoms with Crippen LogP contribution in [0.4, 0.5) is 13.2 Å². The molecule has 1 heterocycles. The molecule has 136 valence electrons. The number of amides is 1. The van der Waals surface area contributed by atoms with E-state index in [0.29, 0.717) is 19.4 Å². The average Bonchev–Trinajstić information content (AvgIpc) is 2.90. The van der Waals surface area contributed by atoms with E-state index in [4.69, 9.17) is 0 Å². The molecule has 2 rings (SSSR count). The van der Waals surface area contributed by atoms with Gasteiger partial charge in [-0.25, -0.2) is 0 Å². The van der Waals surface area contributed by atoms with Gasteiger partial charge in [-0.15, -0.1) is 0 Å². The quantitative estimate of drug-likeness (QED) is 0.832. The average molecular weight is 346 g/mol. The number of aromatic nitrogens is 2. The molecule has 24 heavy (non-hydrogen) atoms. The summed E-state index contributed by atoms with van der Waals surface area (Å²) in [5.41, 5.74) is 1.07. The molecule has 0 aromatic carbocycles. The van der Waals surface area contributed by atoms with Crippen molar-refractivity contribution in [2.75, 3.05) is 6.54 Å². The van der Waals surface area contributed by atoms with E-state index < -0.39 is 12.1 Å². The van der Waals surface area contributed by atoms with Crippen molar-refractivity contribution in [3.63, 3.8) is 0 Å². The van der Waals surface area contributed by atoms with Gasteiger partial charge in [-0.1, -0.05) is 6.42 Å². The molecule has 1 saturated carbocycles. The van der Waals surface area contributed by atoms with E-state index in [9.17, 15) is 18.0 Å². The summed E-state index contributed by atoms with van der Waals surface area (Å²) in [6.45, 7) is 4.60. The summed E-state index contributed by atoms with van der Waals surface area (Å²) in [5, 5.41) is 9.97. The van der Waals surface area contributed by atoms with Crippen molar-refractivity contribution in [2.45, 2.75) is 64.3 Å². The van der Waals surface area contributed by atoms with Crippen LogP contribution in [0.1, 0.15) is 38.2 Å². The number of hydrogen-bond acceptors (Lipinski definition) is 3. The van der Waals surface area contributed by atoms with Crippen molar-refractivity contribution in [1.82, 2.24) is 20.4 Å². The monoisotopic (exact) mass is 346 g/mol. The Bertz CT molecular complexity index is 544. The maximum atomic E-state index is 12.8. The Labute approximate surface area is 140 Å². The van der Waals surface area contributed by atoms with Crippen LogP contribution >= 0.6 is 0 Å². The molecule has 2 N–H and O–H groups in total. The van der Waals surface area contributed by atoms with Gasteiger partial charge in [0, 0.05) is 18.3 Å². The van der Waals surface area contributed by atoms with Gasteiger partial charge in [-0.2, -0.15) is 18.3 Å². The molecule has 0 saturated heterocycles. The Hall–Kier alpha value is -1.57. The number of nitrogens with one attached hydrogen (secondary N) is 2. The summed E-state index contributed by atoms with van der Waals surface area (Å²) in [6, 6.07) is -0.354. The van der Waals surface area contributed by atoms with Gasteiger partial charge in [0.05, 0.1) is 25.2 Å². The van der Waals surface area contributed by atoms with Crippen LogP contribution in [-0.4, -0.2) is 40.5 Å². The van der Waals surface area contributed by atoms with Gasteiger partial charge in [0.2, 0.25) is 5.91 Å². The molecule has 0 spiro atoms. The van der Waals surface area contributed by atoms with Crippen molar-refractivity contribution in [3.8, 4) is 0 Å². The second kappa shape index (κ2) is 8.00. The van der Waals surface area contributed by atoms with Gasteiger partial charge >= 0.3 is 6.18 Å².